The highest BCUT2D eigenvalue weighted by molar-refractivity contribution is 7.90. The first-order valence-electron chi connectivity index (χ1n) is 8.62. The van der Waals surface area contributed by atoms with Gasteiger partial charge in [-0.25, -0.2) is 12.8 Å². The molecule has 5 nitrogen and oxygen atoms in total. The topological polar surface area (TPSA) is 85.1 Å². The van der Waals surface area contributed by atoms with Crippen molar-refractivity contribution in [1.82, 2.24) is 4.98 Å². The molecule has 142 valence electrons. The van der Waals surface area contributed by atoms with Gasteiger partial charge in [0, 0.05) is 29.8 Å². The number of aromatic nitrogens is 1. The molecule has 0 aliphatic heterocycles. The highest BCUT2D eigenvalue weighted by Gasteiger charge is 2.19. The van der Waals surface area contributed by atoms with Crippen LogP contribution in [0.4, 0.5) is 10.1 Å². The number of hydrogen-bond acceptors (Lipinski definition) is 5. The summed E-state index contributed by atoms with van der Waals surface area (Å²) in [6.45, 7) is 2.04. The van der Waals surface area contributed by atoms with Crippen LogP contribution in [0.2, 0.25) is 0 Å². The van der Waals surface area contributed by atoms with Gasteiger partial charge in [0.2, 0.25) is 0 Å². The summed E-state index contributed by atoms with van der Waals surface area (Å²) in [5.41, 5.74) is 9.73. The smallest absolute Gasteiger partial charge is 0.149 e. The lowest BCUT2D eigenvalue weighted by Gasteiger charge is -2.20. The molecule has 3 rings (SSSR count). The molecule has 0 aliphatic rings. The van der Waals surface area contributed by atoms with Gasteiger partial charge in [-0.1, -0.05) is 30.3 Å². The largest absolute Gasteiger partial charge is 0.383 e. The minimum Gasteiger partial charge on any atom is -0.383 e. The molecule has 3 N–H and O–H groups in total. The minimum atomic E-state index is -3.14. The van der Waals surface area contributed by atoms with Crippen LogP contribution in [-0.2, 0) is 9.84 Å². The Morgan fingerprint density at radius 3 is 2.52 bits per heavy atom. The average Bonchev–Trinajstić information content (AvgIpc) is 2.61. The van der Waals surface area contributed by atoms with Crippen molar-refractivity contribution in [2.45, 2.75) is 13.0 Å². The third kappa shape index (κ3) is 4.43. The Labute approximate surface area is 158 Å². The summed E-state index contributed by atoms with van der Waals surface area (Å²) >= 11 is 0. The summed E-state index contributed by atoms with van der Waals surface area (Å²) in [5, 5.41) is 3.78. The van der Waals surface area contributed by atoms with Gasteiger partial charge >= 0.3 is 0 Å². The zero-order valence-corrected chi connectivity index (χ0v) is 16.1. The lowest BCUT2D eigenvalue weighted by molar-refractivity contribution is 0.602. The van der Waals surface area contributed by atoms with Crippen LogP contribution in [0.25, 0.3) is 22.0 Å². The quantitative estimate of drug-likeness (QED) is 0.676. The number of anilines is 1. The van der Waals surface area contributed by atoms with Crippen molar-refractivity contribution >= 4 is 26.4 Å². The fraction of sp³-hybridized carbons (Fsp3) is 0.250. The van der Waals surface area contributed by atoms with Crippen LogP contribution in [-0.4, -0.2) is 32.0 Å². The fourth-order valence-corrected chi connectivity index (χ4v) is 3.50. The van der Waals surface area contributed by atoms with Crippen molar-refractivity contribution in [3.63, 3.8) is 0 Å². The molecule has 7 heteroatoms. The van der Waals surface area contributed by atoms with Crippen molar-refractivity contribution in [2.24, 2.45) is 5.73 Å². The van der Waals surface area contributed by atoms with E-state index in [9.17, 15) is 12.8 Å². The van der Waals surface area contributed by atoms with Crippen LogP contribution in [0.5, 0.6) is 0 Å². The Morgan fingerprint density at radius 2 is 1.89 bits per heavy atom. The Hall–Kier alpha value is -2.51. The molecule has 0 spiro atoms. The maximum Gasteiger partial charge on any atom is 0.149 e. The predicted molar refractivity (Wildman–Crippen MR) is 108 cm³/mol. The number of halogens is 1. The van der Waals surface area contributed by atoms with E-state index in [1.165, 1.54) is 18.4 Å². The summed E-state index contributed by atoms with van der Waals surface area (Å²) in [7, 11) is -3.14. The minimum absolute atomic E-state index is 0.0339. The van der Waals surface area contributed by atoms with Crippen LogP contribution in [0.15, 0.2) is 48.5 Å². The summed E-state index contributed by atoms with van der Waals surface area (Å²) < 4.78 is 37.0. The van der Waals surface area contributed by atoms with Gasteiger partial charge in [0.15, 0.2) is 0 Å². The Kier molecular flexibility index (Phi) is 5.43. The molecule has 0 amide bonds. The number of nitrogens with zero attached hydrogens (tertiary/aromatic N) is 1. The standard InChI is InChI=1S/C20H22FN3O2S/c1-13(22)19-18(14-6-4-3-5-7-14)20(23-10-11-27(2,25)26)16-12-15(21)8-9-17(16)24-19/h3-9,12-13H,10-11,22H2,1-2H3,(H,23,24). The van der Waals surface area contributed by atoms with Gasteiger partial charge in [-0.15, -0.1) is 0 Å². The molecule has 3 aromatic rings. The molecule has 0 bridgehead atoms. The van der Waals surface area contributed by atoms with E-state index in [2.05, 4.69) is 10.3 Å². The normalized spacial score (nSPS) is 12.9. The van der Waals surface area contributed by atoms with Crippen LogP contribution < -0.4 is 11.1 Å². The lowest BCUT2D eigenvalue weighted by atomic mass is 9.96. The third-order valence-corrected chi connectivity index (χ3v) is 5.19. The van der Waals surface area contributed by atoms with E-state index >= 15 is 0 Å². The van der Waals surface area contributed by atoms with Crippen LogP contribution >= 0.6 is 0 Å². The van der Waals surface area contributed by atoms with Gasteiger partial charge in [0.25, 0.3) is 0 Å². The first kappa shape index (κ1) is 19.3. The summed E-state index contributed by atoms with van der Waals surface area (Å²) in [5.74, 6) is -0.420. The van der Waals surface area contributed by atoms with E-state index in [0.29, 0.717) is 22.3 Å². The number of sulfone groups is 1. The van der Waals surface area contributed by atoms with E-state index in [4.69, 9.17) is 5.73 Å². The van der Waals surface area contributed by atoms with Gasteiger partial charge in [0.05, 0.1) is 22.7 Å². The monoisotopic (exact) mass is 387 g/mol. The number of nitrogens with two attached hydrogens (primary N) is 1. The van der Waals surface area contributed by atoms with Gasteiger partial charge in [0.1, 0.15) is 15.7 Å². The van der Waals surface area contributed by atoms with Gasteiger partial charge < -0.3 is 11.1 Å². The molecule has 1 unspecified atom stereocenters. The van der Waals surface area contributed by atoms with E-state index in [1.807, 2.05) is 37.3 Å². The van der Waals surface area contributed by atoms with E-state index < -0.39 is 9.84 Å². The van der Waals surface area contributed by atoms with Crippen LogP contribution in [0, 0.1) is 5.82 Å². The summed E-state index contributed by atoms with van der Waals surface area (Å²) in [4.78, 5) is 4.66. The predicted octanol–water partition coefficient (Wildman–Crippen LogP) is 3.52. The lowest BCUT2D eigenvalue weighted by Crippen LogP contribution is -2.17. The number of pyridine rings is 1. The maximum atomic E-state index is 13.9. The Balaban J connectivity index is 2.27. The highest BCUT2D eigenvalue weighted by atomic mass is 32.2. The molecule has 1 atom stereocenters. The van der Waals surface area contributed by atoms with Crippen molar-refractivity contribution in [1.29, 1.82) is 0 Å². The first-order chi connectivity index (χ1) is 12.8. The maximum absolute atomic E-state index is 13.9. The molecule has 2 aromatic carbocycles. The van der Waals surface area contributed by atoms with E-state index in [0.717, 1.165) is 11.1 Å². The molecular weight excluding hydrogens is 365 g/mol. The SMILES string of the molecule is CC(N)c1nc2ccc(F)cc2c(NCCS(C)(=O)=O)c1-c1ccccc1. The second kappa shape index (κ2) is 7.62. The molecule has 0 saturated carbocycles. The van der Waals surface area contributed by atoms with Crippen molar-refractivity contribution in [2.75, 3.05) is 23.9 Å². The third-order valence-electron chi connectivity index (χ3n) is 4.24. The molecule has 0 radical (unpaired) electrons. The second-order valence-corrected chi connectivity index (χ2v) is 8.88. The average molecular weight is 387 g/mol. The van der Waals surface area contributed by atoms with Crippen LogP contribution in [0.1, 0.15) is 18.7 Å². The Morgan fingerprint density at radius 1 is 1.19 bits per heavy atom. The fourth-order valence-electron chi connectivity index (χ4n) is 3.03. The molecule has 1 heterocycles. The number of hydrogen-bond donors (Lipinski definition) is 2. The molecule has 1 aromatic heterocycles. The number of nitrogens with one attached hydrogen (secondary N) is 1. The van der Waals surface area contributed by atoms with Crippen molar-refractivity contribution in [3.8, 4) is 11.1 Å². The highest BCUT2D eigenvalue weighted by Crippen LogP contribution is 2.38. The molecule has 0 aliphatic carbocycles. The van der Waals surface area contributed by atoms with Crippen LogP contribution in [0.3, 0.4) is 0 Å². The number of rotatable bonds is 6. The van der Waals surface area contributed by atoms with Gasteiger partial charge in [-0.3, -0.25) is 4.98 Å². The van der Waals surface area contributed by atoms with Crippen molar-refractivity contribution in [3.05, 3.63) is 60.0 Å². The first-order valence-corrected chi connectivity index (χ1v) is 10.7. The zero-order chi connectivity index (χ0) is 19.6. The summed E-state index contributed by atoms with van der Waals surface area (Å²) in [6, 6.07) is 13.6. The molecule has 0 saturated heterocycles. The molecule has 0 fully saturated rings. The van der Waals surface area contributed by atoms with E-state index in [1.54, 1.807) is 6.07 Å². The second-order valence-electron chi connectivity index (χ2n) is 6.62. The van der Waals surface area contributed by atoms with Gasteiger partial charge in [-0.2, -0.15) is 0 Å². The van der Waals surface area contributed by atoms with Crippen molar-refractivity contribution < 1.29 is 12.8 Å². The Bertz CT molecular complexity index is 1070. The zero-order valence-electron chi connectivity index (χ0n) is 15.2. The molecule has 27 heavy (non-hydrogen) atoms. The van der Waals surface area contributed by atoms with E-state index in [-0.39, 0.29) is 24.2 Å². The number of fused-ring (bicyclic) bond motifs is 1. The van der Waals surface area contributed by atoms with Gasteiger partial charge in [-0.05, 0) is 30.7 Å². The summed E-state index contributed by atoms with van der Waals surface area (Å²) in [6.07, 6.45) is 1.19. The molecular formula is C20H22FN3O2S. The number of benzene rings is 2.